The zero-order valence-corrected chi connectivity index (χ0v) is 19.9. The summed E-state index contributed by atoms with van der Waals surface area (Å²) in [6, 6.07) is 14.1. The molecule has 0 aliphatic carbocycles. The van der Waals surface area contributed by atoms with Crippen molar-refractivity contribution in [2.45, 2.75) is 45.4 Å². The second-order valence-electron chi connectivity index (χ2n) is 9.23. The van der Waals surface area contributed by atoms with Crippen LogP contribution in [0.5, 0.6) is 0 Å². The Kier molecular flexibility index (Phi) is 6.07. The summed E-state index contributed by atoms with van der Waals surface area (Å²) in [5, 5.41) is 14.0. The Balaban J connectivity index is 1.51. The lowest BCUT2D eigenvalue weighted by Crippen LogP contribution is -2.44. The molecule has 1 saturated heterocycles. The zero-order chi connectivity index (χ0) is 23.9. The highest BCUT2D eigenvalue weighted by atomic mass is 16.7. The summed E-state index contributed by atoms with van der Waals surface area (Å²) in [6.07, 6.45) is -0.158. The van der Waals surface area contributed by atoms with Crippen LogP contribution < -0.4 is 16.0 Å². The summed E-state index contributed by atoms with van der Waals surface area (Å²) in [5.74, 6) is -0.116. The highest BCUT2D eigenvalue weighted by molar-refractivity contribution is 6.05. The summed E-state index contributed by atoms with van der Waals surface area (Å²) in [6.45, 7) is 8.17. The number of aliphatic hydroxyl groups is 1. The molecule has 180 valence electrons. The summed E-state index contributed by atoms with van der Waals surface area (Å²) in [7, 11) is 0. The fourth-order valence-electron chi connectivity index (χ4n) is 4.75. The minimum absolute atomic E-state index is 0.0306. The molecule has 0 amide bonds. The van der Waals surface area contributed by atoms with Gasteiger partial charge in [0.1, 0.15) is 23.8 Å². The maximum Gasteiger partial charge on any atom is 0.163 e. The molecule has 2 atom stereocenters. The monoisotopic (exact) mass is 464 g/mol. The molecule has 8 nitrogen and oxygen atoms in total. The van der Waals surface area contributed by atoms with Gasteiger partial charge >= 0.3 is 0 Å². The van der Waals surface area contributed by atoms with Crippen LogP contribution in [0.2, 0.25) is 0 Å². The molecule has 1 aromatic heterocycles. The van der Waals surface area contributed by atoms with Crippen LogP contribution in [0.3, 0.4) is 0 Å². The third kappa shape index (κ3) is 4.30. The van der Waals surface area contributed by atoms with E-state index in [0.717, 1.165) is 39.0 Å². The van der Waals surface area contributed by atoms with Crippen LogP contribution in [0.1, 0.15) is 26.3 Å². The van der Waals surface area contributed by atoms with Crippen molar-refractivity contribution in [3.63, 3.8) is 0 Å². The van der Waals surface area contributed by atoms with Crippen LogP contribution in [-0.2, 0) is 20.8 Å². The molecule has 1 fully saturated rings. The quantitative estimate of drug-likeness (QED) is 0.486. The highest BCUT2D eigenvalue weighted by Crippen LogP contribution is 2.44. The summed E-state index contributed by atoms with van der Waals surface area (Å²) >= 11 is 0. The van der Waals surface area contributed by atoms with Crippen LogP contribution in [0.4, 0.5) is 17.2 Å². The van der Waals surface area contributed by atoms with E-state index in [1.54, 1.807) is 0 Å². The van der Waals surface area contributed by atoms with Crippen molar-refractivity contribution < 1.29 is 19.3 Å². The number of nitrogen functional groups attached to an aromatic ring is 1. The van der Waals surface area contributed by atoms with Gasteiger partial charge in [-0.3, -0.25) is 0 Å². The average Bonchev–Trinajstić information content (AvgIpc) is 3.37. The predicted molar refractivity (Wildman–Crippen MR) is 134 cm³/mol. The molecular formula is C26H32N4O4. The van der Waals surface area contributed by atoms with Gasteiger partial charge < -0.3 is 35.3 Å². The number of anilines is 3. The Morgan fingerprint density at radius 3 is 2.65 bits per heavy atom. The molecule has 0 bridgehead atoms. The van der Waals surface area contributed by atoms with Crippen molar-refractivity contribution in [1.82, 2.24) is 4.98 Å². The van der Waals surface area contributed by atoms with Gasteiger partial charge in [0.25, 0.3) is 0 Å². The zero-order valence-electron chi connectivity index (χ0n) is 19.9. The van der Waals surface area contributed by atoms with Gasteiger partial charge in [-0.25, -0.2) is 4.98 Å². The number of rotatable bonds is 7. The number of aromatic nitrogens is 1. The maximum atomic E-state index is 9.31. The van der Waals surface area contributed by atoms with E-state index in [2.05, 4.69) is 28.4 Å². The molecule has 2 aromatic carbocycles. The van der Waals surface area contributed by atoms with Gasteiger partial charge in [0.2, 0.25) is 0 Å². The van der Waals surface area contributed by atoms with Crippen LogP contribution >= 0.6 is 0 Å². The summed E-state index contributed by atoms with van der Waals surface area (Å²) < 4.78 is 17.6. The number of fused-ring (bicyclic) bond motifs is 3. The van der Waals surface area contributed by atoms with Crippen LogP contribution in [0.25, 0.3) is 22.0 Å². The van der Waals surface area contributed by atoms with Crippen molar-refractivity contribution >= 4 is 28.1 Å². The Labute approximate surface area is 199 Å². The molecule has 8 heteroatoms. The molecule has 0 spiro atoms. The number of hydrogen-bond donors (Lipinski definition) is 3. The molecule has 5 rings (SSSR count). The Morgan fingerprint density at radius 2 is 1.97 bits per heavy atom. The second-order valence-corrected chi connectivity index (χ2v) is 9.23. The van der Waals surface area contributed by atoms with Gasteiger partial charge in [0.15, 0.2) is 5.79 Å². The summed E-state index contributed by atoms with van der Waals surface area (Å²) in [5.41, 5.74) is 12.2. The first-order valence-corrected chi connectivity index (χ1v) is 11.7. The maximum absolute atomic E-state index is 9.31. The molecule has 3 heterocycles. The van der Waals surface area contributed by atoms with Gasteiger partial charge in [0, 0.05) is 18.5 Å². The molecule has 2 aliphatic rings. The molecule has 2 unspecified atom stereocenters. The van der Waals surface area contributed by atoms with Crippen LogP contribution in [0.15, 0.2) is 42.5 Å². The van der Waals surface area contributed by atoms with E-state index in [4.69, 9.17) is 24.9 Å². The van der Waals surface area contributed by atoms with Crippen LogP contribution in [0, 0.1) is 0 Å². The predicted octanol–water partition coefficient (Wildman–Crippen LogP) is 3.72. The van der Waals surface area contributed by atoms with Crippen molar-refractivity contribution in [2.24, 2.45) is 0 Å². The van der Waals surface area contributed by atoms with Gasteiger partial charge in [0.05, 0.1) is 31.0 Å². The molecule has 0 saturated carbocycles. The van der Waals surface area contributed by atoms with Crippen molar-refractivity contribution in [3.05, 3.63) is 48.0 Å². The number of nitrogens with two attached hydrogens (primary N) is 1. The SMILES string of the molecule is CCOCC1Nc2c(c(N)nc3cc(-c4ccc(CO)cc4)ccc23)N1CC1COC(C)(C)O1. The van der Waals surface area contributed by atoms with Gasteiger partial charge in [-0.15, -0.1) is 0 Å². The van der Waals surface area contributed by atoms with E-state index in [0.29, 0.717) is 32.2 Å². The fraction of sp³-hybridized carbons (Fsp3) is 0.423. The number of benzene rings is 2. The lowest BCUT2D eigenvalue weighted by molar-refractivity contribution is -0.137. The van der Waals surface area contributed by atoms with E-state index in [1.165, 1.54) is 0 Å². The van der Waals surface area contributed by atoms with Crippen LogP contribution in [-0.4, -0.2) is 54.5 Å². The lowest BCUT2D eigenvalue weighted by atomic mass is 10.0. The fourth-order valence-corrected chi connectivity index (χ4v) is 4.75. The highest BCUT2D eigenvalue weighted by Gasteiger charge is 2.39. The number of hydrogen-bond acceptors (Lipinski definition) is 8. The standard InChI is InChI=1S/C26H32N4O4/c1-4-32-15-22-29-23-20-10-9-18(17-7-5-16(13-31)6-8-17)11-21(20)28-25(27)24(23)30(22)12-19-14-33-26(2,3)34-19/h5-11,19,22,29,31H,4,12-15H2,1-3H3,(H2,27,28). The lowest BCUT2D eigenvalue weighted by Gasteiger charge is -2.29. The first kappa shape index (κ1) is 22.9. The smallest absolute Gasteiger partial charge is 0.163 e. The number of nitrogens with zero attached hydrogens (tertiary/aromatic N) is 2. The van der Waals surface area contributed by atoms with E-state index in [9.17, 15) is 5.11 Å². The number of ether oxygens (including phenoxy) is 3. The van der Waals surface area contributed by atoms with Gasteiger partial charge in [-0.1, -0.05) is 36.4 Å². The second kappa shape index (κ2) is 9.03. The van der Waals surface area contributed by atoms with Crippen molar-refractivity contribution in [2.75, 3.05) is 42.3 Å². The first-order chi connectivity index (χ1) is 16.4. The van der Waals surface area contributed by atoms with Gasteiger partial charge in [-0.05, 0) is 43.5 Å². The number of pyridine rings is 1. The van der Waals surface area contributed by atoms with Crippen molar-refractivity contribution in [1.29, 1.82) is 0 Å². The van der Waals surface area contributed by atoms with E-state index < -0.39 is 5.79 Å². The van der Waals surface area contributed by atoms with E-state index in [1.807, 2.05) is 45.0 Å². The third-order valence-electron chi connectivity index (χ3n) is 6.38. The van der Waals surface area contributed by atoms with Crippen molar-refractivity contribution in [3.8, 4) is 11.1 Å². The van der Waals surface area contributed by atoms with Gasteiger partial charge in [-0.2, -0.15) is 0 Å². The molecule has 3 aromatic rings. The largest absolute Gasteiger partial charge is 0.392 e. The van der Waals surface area contributed by atoms with E-state index >= 15 is 0 Å². The molecule has 34 heavy (non-hydrogen) atoms. The topological polar surface area (TPSA) is 102 Å². The Bertz CT molecular complexity index is 1180. The first-order valence-electron chi connectivity index (χ1n) is 11.7. The van der Waals surface area contributed by atoms with E-state index in [-0.39, 0.29) is 18.9 Å². The normalized spacial score (nSPS) is 21.1. The summed E-state index contributed by atoms with van der Waals surface area (Å²) in [4.78, 5) is 6.98. The molecule has 4 N–H and O–H groups in total. The molecule has 2 aliphatic heterocycles. The number of nitrogens with one attached hydrogen (secondary N) is 1. The third-order valence-corrected chi connectivity index (χ3v) is 6.38. The minimum atomic E-state index is -0.588. The number of aliphatic hydroxyl groups excluding tert-OH is 1. The Hall–Kier alpha value is -2.91. The molecular weight excluding hydrogens is 432 g/mol. The molecule has 0 radical (unpaired) electrons. The Morgan fingerprint density at radius 1 is 1.21 bits per heavy atom. The average molecular weight is 465 g/mol. The minimum Gasteiger partial charge on any atom is -0.392 e.